The Morgan fingerprint density at radius 1 is 1.09 bits per heavy atom. The van der Waals surface area contributed by atoms with Crippen LogP contribution in [0.4, 0.5) is 5.69 Å². The first-order valence-corrected chi connectivity index (χ1v) is 8.19. The summed E-state index contributed by atoms with van der Waals surface area (Å²) in [4.78, 5) is 15.0. The van der Waals surface area contributed by atoms with Gasteiger partial charge in [0, 0.05) is 5.92 Å². The predicted molar refractivity (Wildman–Crippen MR) is 90.8 cm³/mol. The molecule has 0 radical (unpaired) electrons. The van der Waals surface area contributed by atoms with Crippen LogP contribution in [0.15, 0.2) is 54.6 Å². The fourth-order valence-corrected chi connectivity index (χ4v) is 3.50. The van der Waals surface area contributed by atoms with E-state index in [2.05, 4.69) is 12.1 Å². The van der Waals surface area contributed by atoms with Crippen molar-refractivity contribution in [3.8, 4) is 5.75 Å². The third-order valence-electron chi connectivity index (χ3n) is 4.68. The Kier molecular flexibility index (Phi) is 3.19. The van der Waals surface area contributed by atoms with Gasteiger partial charge in [0.05, 0.1) is 12.2 Å². The van der Waals surface area contributed by atoms with Crippen LogP contribution in [0.3, 0.4) is 0 Å². The van der Waals surface area contributed by atoms with Crippen molar-refractivity contribution in [1.29, 1.82) is 0 Å². The lowest BCUT2D eigenvalue weighted by Crippen LogP contribution is -2.50. The fraction of sp³-hybridized carbons (Fsp3) is 0.350. The Bertz CT molecular complexity index is 738. The van der Waals surface area contributed by atoms with Crippen LogP contribution in [0.5, 0.6) is 5.75 Å². The van der Waals surface area contributed by atoms with E-state index in [-0.39, 0.29) is 17.4 Å². The molecule has 0 spiro atoms. The zero-order chi connectivity index (χ0) is 16.0. The summed E-state index contributed by atoms with van der Waals surface area (Å²) in [5.41, 5.74) is 1.81. The highest BCUT2D eigenvalue weighted by Gasteiger charge is 2.48. The van der Waals surface area contributed by atoms with Crippen molar-refractivity contribution < 1.29 is 9.53 Å². The molecule has 3 nitrogen and oxygen atoms in total. The molecule has 0 N–H and O–H groups in total. The van der Waals surface area contributed by atoms with E-state index < -0.39 is 0 Å². The minimum absolute atomic E-state index is 0.0966. The minimum Gasteiger partial charge on any atom is -0.484 e. The molecule has 23 heavy (non-hydrogen) atoms. The number of nitrogens with zero attached hydrogens (tertiary/aromatic N) is 1. The molecule has 0 saturated heterocycles. The second-order valence-corrected chi connectivity index (χ2v) is 7.11. The topological polar surface area (TPSA) is 29.5 Å². The van der Waals surface area contributed by atoms with E-state index in [1.54, 1.807) is 0 Å². The second kappa shape index (κ2) is 5.12. The summed E-state index contributed by atoms with van der Waals surface area (Å²) in [5.74, 6) is 1.48. The lowest BCUT2D eigenvalue weighted by atomic mass is 10.0. The van der Waals surface area contributed by atoms with Gasteiger partial charge in [-0.15, -0.1) is 0 Å². The van der Waals surface area contributed by atoms with Crippen molar-refractivity contribution in [2.24, 2.45) is 5.92 Å². The van der Waals surface area contributed by atoms with Crippen LogP contribution in [0.25, 0.3) is 0 Å². The molecule has 1 fully saturated rings. The third-order valence-corrected chi connectivity index (χ3v) is 4.68. The predicted octanol–water partition coefficient (Wildman–Crippen LogP) is 3.99. The van der Waals surface area contributed by atoms with E-state index in [1.807, 2.05) is 61.2 Å². The molecule has 118 valence electrons. The quantitative estimate of drug-likeness (QED) is 0.839. The summed E-state index contributed by atoms with van der Waals surface area (Å²) in [6.45, 7) is 4.66. The van der Waals surface area contributed by atoms with Crippen molar-refractivity contribution in [3.05, 3.63) is 60.2 Å². The van der Waals surface area contributed by atoms with E-state index in [0.717, 1.165) is 17.9 Å². The van der Waals surface area contributed by atoms with Crippen LogP contribution in [0, 0.1) is 5.92 Å². The first-order valence-electron chi connectivity index (χ1n) is 8.19. The molecule has 1 saturated carbocycles. The Morgan fingerprint density at radius 3 is 2.57 bits per heavy atom. The molecule has 4 rings (SSSR count). The number of fused-ring (bicyclic) bond motifs is 1. The van der Waals surface area contributed by atoms with Crippen molar-refractivity contribution in [2.75, 3.05) is 11.4 Å². The van der Waals surface area contributed by atoms with Gasteiger partial charge in [-0.2, -0.15) is 0 Å². The first kappa shape index (κ1) is 14.3. The van der Waals surface area contributed by atoms with E-state index in [9.17, 15) is 4.79 Å². The Labute approximate surface area is 136 Å². The van der Waals surface area contributed by atoms with Gasteiger partial charge in [-0.25, -0.2) is 0 Å². The fourth-order valence-electron chi connectivity index (χ4n) is 3.50. The zero-order valence-corrected chi connectivity index (χ0v) is 13.5. The van der Waals surface area contributed by atoms with Gasteiger partial charge in [0.25, 0.3) is 0 Å². The molecular weight excluding hydrogens is 286 g/mol. The van der Waals surface area contributed by atoms with Gasteiger partial charge >= 0.3 is 0 Å². The normalized spacial score (nSPS) is 24.5. The molecule has 1 aliphatic carbocycles. The smallest absolute Gasteiger partial charge is 0.230 e. The Balaban J connectivity index is 1.60. The van der Waals surface area contributed by atoms with Crippen LogP contribution < -0.4 is 9.64 Å². The van der Waals surface area contributed by atoms with Crippen LogP contribution >= 0.6 is 0 Å². The SMILES string of the molecule is CC1(C)CN(C(=O)[C@H]2C[C@@H]2c2ccccc2)c2ccccc2O1. The van der Waals surface area contributed by atoms with Gasteiger partial charge in [-0.1, -0.05) is 42.5 Å². The highest BCUT2D eigenvalue weighted by atomic mass is 16.5. The average Bonchev–Trinajstić information content (AvgIpc) is 3.34. The number of anilines is 1. The molecule has 0 aromatic heterocycles. The number of carbonyl (C=O) groups excluding carboxylic acids is 1. The molecule has 2 atom stereocenters. The van der Waals surface area contributed by atoms with E-state index in [0.29, 0.717) is 12.5 Å². The molecule has 1 aliphatic heterocycles. The summed E-state index contributed by atoms with van der Waals surface area (Å²) in [6, 6.07) is 18.2. The molecule has 0 bridgehead atoms. The molecule has 1 heterocycles. The van der Waals surface area contributed by atoms with E-state index in [4.69, 9.17) is 4.74 Å². The lowest BCUT2D eigenvalue weighted by molar-refractivity contribution is -0.120. The monoisotopic (exact) mass is 307 g/mol. The van der Waals surface area contributed by atoms with Crippen LogP contribution in [-0.4, -0.2) is 18.1 Å². The van der Waals surface area contributed by atoms with Crippen molar-refractivity contribution in [3.63, 3.8) is 0 Å². The van der Waals surface area contributed by atoms with Crippen molar-refractivity contribution in [2.45, 2.75) is 31.8 Å². The van der Waals surface area contributed by atoms with Gasteiger partial charge in [-0.05, 0) is 43.9 Å². The number of rotatable bonds is 2. The maximum absolute atomic E-state index is 13.1. The zero-order valence-electron chi connectivity index (χ0n) is 13.5. The minimum atomic E-state index is -0.360. The number of hydrogen-bond donors (Lipinski definition) is 0. The largest absolute Gasteiger partial charge is 0.484 e. The third kappa shape index (κ3) is 2.61. The number of benzene rings is 2. The molecule has 2 aromatic rings. The van der Waals surface area contributed by atoms with Crippen LogP contribution in [0.1, 0.15) is 31.7 Å². The number of para-hydroxylation sites is 2. The molecular formula is C20H21NO2. The molecule has 3 heteroatoms. The van der Waals surface area contributed by atoms with Crippen molar-refractivity contribution in [1.82, 2.24) is 0 Å². The van der Waals surface area contributed by atoms with Crippen LogP contribution in [0.2, 0.25) is 0 Å². The summed E-state index contributed by atoms with van der Waals surface area (Å²) in [5, 5.41) is 0. The summed E-state index contributed by atoms with van der Waals surface area (Å²) >= 11 is 0. The number of amides is 1. The summed E-state index contributed by atoms with van der Waals surface area (Å²) < 4.78 is 6.02. The molecule has 2 aromatic carbocycles. The highest BCUT2D eigenvalue weighted by molar-refractivity contribution is 5.99. The molecule has 0 unspecified atom stereocenters. The van der Waals surface area contributed by atoms with E-state index in [1.165, 1.54) is 5.56 Å². The maximum Gasteiger partial charge on any atom is 0.230 e. The number of hydrogen-bond acceptors (Lipinski definition) is 2. The number of carbonyl (C=O) groups is 1. The summed E-state index contributed by atoms with van der Waals surface area (Å²) in [7, 11) is 0. The van der Waals surface area contributed by atoms with Crippen LogP contribution in [-0.2, 0) is 4.79 Å². The average molecular weight is 307 g/mol. The highest BCUT2D eigenvalue weighted by Crippen LogP contribution is 2.50. The lowest BCUT2D eigenvalue weighted by Gasteiger charge is -2.39. The standard InChI is InChI=1S/C20H21NO2/c1-20(2)13-21(17-10-6-7-11-18(17)23-20)19(22)16-12-15(16)14-8-4-3-5-9-14/h3-11,15-16H,12-13H2,1-2H3/t15-,16+/m1/s1. The van der Waals surface area contributed by atoms with Gasteiger partial charge in [0.2, 0.25) is 5.91 Å². The van der Waals surface area contributed by atoms with Crippen molar-refractivity contribution >= 4 is 11.6 Å². The number of ether oxygens (including phenoxy) is 1. The Hall–Kier alpha value is -2.29. The van der Waals surface area contributed by atoms with Gasteiger partial charge in [0.1, 0.15) is 11.4 Å². The van der Waals surface area contributed by atoms with Gasteiger partial charge in [-0.3, -0.25) is 4.79 Å². The second-order valence-electron chi connectivity index (χ2n) is 7.11. The summed E-state index contributed by atoms with van der Waals surface area (Å²) in [6.07, 6.45) is 0.947. The Morgan fingerprint density at radius 2 is 1.78 bits per heavy atom. The molecule has 2 aliphatic rings. The van der Waals surface area contributed by atoms with Gasteiger partial charge in [0.15, 0.2) is 0 Å². The molecule has 1 amide bonds. The van der Waals surface area contributed by atoms with E-state index >= 15 is 0 Å². The van der Waals surface area contributed by atoms with Gasteiger partial charge < -0.3 is 9.64 Å². The first-order chi connectivity index (χ1) is 11.1. The maximum atomic E-state index is 13.1.